The molecule has 0 bridgehead atoms. The van der Waals surface area contributed by atoms with Crippen molar-refractivity contribution in [1.29, 1.82) is 0 Å². The van der Waals surface area contributed by atoms with Gasteiger partial charge >= 0.3 is 5.97 Å². The standard InChI is InChI=1S/C14H17FN2O4/c1-9(18)16-12-8-10(4-5-11(12)15)14(20)17(2)7-6-13(19)21-3/h4-5,8H,6-7H2,1-3H3,(H,16,18). The van der Waals surface area contributed by atoms with E-state index in [4.69, 9.17) is 0 Å². The first kappa shape index (κ1) is 16.6. The Morgan fingerprint density at radius 2 is 2.00 bits per heavy atom. The highest BCUT2D eigenvalue weighted by Gasteiger charge is 2.15. The molecule has 0 heterocycles. The quantitative estimate of drug-likeness (QED) is 0.834. The summed E-state index contributed by atoms with van der Waals surface area (Å²) in [5.74, 6) is -1.87. The van der Waals surface area contributed by atoms with Crippen molar-refractivity contribution in [3.8, 4) is 0 Å². The van der Waals surface area contributed by atoms with Gasteiger partial charge in [0.15, 0.2) is 0 Å². The third-order valence-corrected chi connectivity index (χ3v) is 2.75. The highest BCUT2D eigenvalue weighted by molar-refractivity contribution is 5.96. The Balaban J connectivity index is 2.82. The normalized spacial score (nSPS) is 9.90. The molecule has 0 radical (unpaired) electrons. The highest BCUT2D eigenvalue weighted by atomic mass is 19.1. The Kier molecular flexibility index (Phi) is 5.83. The van der Waals surface area contributed by atoms with E-state index in [-0.39, 0.29) is 30.1 Å². The lowest BCUT2D eigenvalue weighted by molar-refractivity contribution is -0.140. The summed E-state index contributed by atoms with van der Waals surface area (Å²) in [6, 6.07) is 3.68. The molecule has 0 spiro atoms. The summed E-state index contributed by atoms with van der Waals surface area (Å²) in [7, 11) is 2.79. The smallest absolute Gasteiger partial charge is 0.307 e. The van der Waals surface area contributed by atoms with Crippen LogP contribution in [-0.4, -0.2) is 43.4 Å². The van der Waals surface area contributed by atoms with E-state index in [0.717, 1.165) is 6.07 Å². The Labute approximate surface area is 121 Å². The zero-order valence-corrected chi connectivity index (χ0v) is 12.1. The van der Waals surface area contributed by atoms with Crippen LogP contribution in [0.25, 0.3) is 0 Å². The second-order valence-electron chi connectivity index (χ2n) is 4.43. The van der Waals surface area contributed by atoms with Crippen LogP contribution in [0.5, 0.6) is 0 Å². The van der Waals surface area contributed by atoms with E-state index in [1.165, 1.54) is 38.1 Å². The number of halogens is 1. The average Bonchev–Trinajstić information content (AvgIpc) is 2.45. The van der Waals surface area contributed by atoms with Crippen molar-refractivity contribution in [3.05, 3.63) is 29.6 Å². The highest BCUT2D eigenvalue weighted by Crippen LogP contribution is 2.17. The van der Waals surface area contributed by atoms with Crippen molar-refractivity contribution in [2.24, 2.45) is 0 Å². The van der Waals surface area contributed by atoms with Crippen LogP contribution in [0.1, 0.15) is 23.7 Å². The Hall–Kier alpha value is -2.44. The Bertz CT molecular complexity index is 560. The van der Waals surface area contributed by atoms with E-state index < -0.39 is 17.7 Å². The molecule has 0 unspecified atom stereocenters. The van der Waals surface area contributed by atoms with Gasteiger partial charge in [0, 0.05) is 26.1 Å². The molecule has 0 aliphatic heterocycles. The van der Waals surface area contributed by atoms with Gasteiger partial charge in [-0.25, -0.2) is 4.39 Å². The van der Waals surface area contributed by atoms with Crippen molar-refractivity contribution >= 4 is 23.5 Å². The van der Waals surface area contributed by atoms with E-state index >= 15 is 0 Å². The van der Waals surface area contributed by atoms with Gasteiger partial charge in [0.25, 0.3) is 5.91 Å². The largest absolute Gasteiger partial charge is 0.469 e. The first-order valence-corrected chi connectivity index (χ1v) is 6.24. The molecule has 1 N–H and O–H groups in total. The predicted octanol–water partition coefficient (Wildman–Crippen LogP) is 1.42. The number of ether oxygens (including phenoxy) is 1. The number of amides is 2. The van der Waals surface area contributed by atoms with Crippen LogP contribution < -0.4 is 5.32 Å². The van der Waals surface area contributed by atoms with Gasteiger partial charge in [0.2, 0.25) is 5.91 Å². The molecule has 0 fully saturated rings. The molecule has 0 atom stereocenters. The fourth-order valence-electron chi connectivity index (χ4n) is 1.63. The molecule has 7 heteroatoms. The molecule has 1 aromatic rings. The number of carbonyl (C=O) groups is 3. The summed E-state index contributed by atoms with van der Waals surface area (Å²) < 4.78 is 18.0. The SMILES string of the molecule is COC(=O)CCN(C)C(=O)c1ccc(F)c(NC(C)=O)c1. The molecule has 0 aliphatic rings. The van der Waals surface area contributed by atoms with Crippen molar-refractivity contribution in [2.45, 2.75) is 13.3 Å². The van der Waals surface area contributed by atoms with Crippen LogP contribution in [0.15, 0.2) is 18.2 Å². The minimum Gasteiger partial charge on any atom is -0.469 e. The lowest BCUT2D eigenvalue weighted by atomic mass is 10.1. The zero-order valence-electron chi connectivity index (χ0n) is 12.1. The summed E-state index contributed by atoms with van der Waals surface area (Å²) in [5.41, 5.74) is 0.155. The fraction of sp³-hybridized carbons (Fsp3) is 0.357. The monoisotopic (exact) mass is 296 g/mol. The molecule has 114 valence electrons. The first-order chi connectivity index (χ1) is 9.85. The number of methoxy groups -OCH3 is 1. The maximum Gasteiger partial charge on any atom is 0.307 e. The Morgan fingerprint density at radius 1 is 1.33 bits per heavy atom. The lowest BCUT2D eigenvalue weighted by Crippen LogP contribution is -2.29. The minimum atomic E-state index is -0.626. The van der Waals surface area contributed by atoms with E-state index in [9.17, 15) is 18.8 Å². The van der Waals surface area contributed by atoms with Crippen molar-refractivity contribution < 1.29 is 23.5 Å². The molecule has 2 amide bonds. The van der Waals surface area contributed by atoms with Gasteiger partial charge in [-0.3, -0.25) is 14.4 Å². The Morgan fingerprint density at radius 3 is 2.57 bits per heavy atom. The van der Waals surface area contributed by atoms with E-state index in [0.29, 0.717) is 0 Å². The second kappa shape index (κ2) is 7.37. The molecule has 0 aromatic heterocycles. The van der Waals surface area contributed by atoms with Crippen LogP contribution in [0.4, 0.5) is 10.1 Å². The van der Waals surface area contributed by atoms with Gasteiger partial charge in [0.05, 0.1) is 19.2 Å². The number of hydrogen-bond acceptors (Lipinski definition) is 4. The van der Waals surface area contributed by atoms with Gasteiger partial charge in [-0.1, -0.05) is 0 Å². The van der Waals surface area contributed by atoms with Gasteiger partial charge in [-0.2, -0.15) is 0 Å². The topological polar surface area (TPSA) is 75.7 Å². The van der Waals surface area contributed by atoms with Crippen molar-refractivity contribution in [2.75, 3.05) is 26.0 Å². The van der Waals surface area contributed by atoms with Gasteiger partial charge < -0.3 is 15.0 Å². The molecule has 6 nitrogen and oxygen atoms in total. The number of rotatable bonds is 5. The van der Waals surface area contributed by atoms with Gasteiger partial charge in [-0.15, -0.1) is 0 Å². The summed E-state index contributed by atoms with van der Waals surface area (Å²) in [6.07, 6.45) is 0.0679. The van der Waals surface area contributed by atoms with Crippen LogP contribution in [0.2, 0.25) is 0 Å². The number of nitrogens with one attached hydrogen (secondary N) is 1. The van der Waals surface area contributed by atoms with Gasteiger partial charge in [0.1, 0.15) is 5.82 Å². The van der Waals surface area contributed by atoms with Crippen LogP contribution in [-0.2, 0) is 14.3 Å². The second-order valence-corrected chi connectivity index (χ2v) is 4.43. The maximum absolute atomic E-state index is 13.5. The van der Waals surface area contributed by atoms with Crippen LogP contribution >= 0.6 is 0 Å². The third-order valence-electron chi connectivity index (χ3n) is 2.75. The fourth-order valence-corrected chi connectivity index (χ4v) is 1.63. The van der Waals surface area contributed by atoms with E-state index in [2.05, 4.69) is 10.1 Å². The molecular weight excluding hydrogens is 279 g/mol. The van der Waals surface area contributed by atoms with E-state index in [1.54, 1.807) is 0 Å². The zero-order chi connectivity index (χ0) is 16.0. The number of esters is 1. The third kappa shape index (κ3) is 4.87. The molecule has 0 saturated carbocycles. The molecular formula is C14H17FN2O4. The number of carbonyl (C=O) groups excluding carboxylic acids is 3. The molecule has 21 heavy (non-hydrogen) atoms. The number of anilines is 1. The molecule has 1 rings (SSSR count). The molecule has 1 aromatic carbocycles. The minimum absolute atomic E-state index is 0.0604. The molecule has 0 aliphatic carbocycles. The summed E-state index contributed by atoms with van der Waals surface area (Å²) in [6.45, 7) is 1.43. The number of nitrogens with zero attached hydrogens (tertiary/aromatic N) is 1. The summed E-state index contributed by atoms with van der Waals surface area (Å²) >= 11 is 0. The molecule has 0 saturated heterocycles. The van der Waals surface area contributed by atoms with Crippen LogP contribution in [0, 0.1) is 5.82 Å². The average molecular weight is 296 g/mol. The van der Waals surface area contributed by atoms with Crippen LogP contribution in [0.3, 0.4) is 0 Å². The summed E-state index contributed by atoms with van der Waals surface area (Å²) in [5, 5.41) is 2.31. The van der Waals surface area contributed by atoms with Gasteiger partial charge in [-0.05, 0) is 18.2 Å². The number of hydrogen-bond donors (Lipinski definition) is 1. The first-order valence-electron chi connectivity index (χ1n) is 6.24. The summed E-state index contributed by atoms with van der Waals surface area (Å²) in [4.78, 5) is 35.5. The lowest BCUT2D eigenvalue weighted by Gasteiger charge is -2.17. The van der Waals surface area contributed by atoms with Crippen molar-refractivity contribution in [3.63, 3.8) is 0 Å². The predicted molar refractivity (Wildman–Crippen MR) is 74.3 cm³/mol. The number of benzene rings is 1. The van der Waals surface area contributed by atoms with Crippen molar-refractivity contribution in [1.82, 2.24) is 4.90 Å². The maximum atomic E-state index is 13.5. The van der Waals surface area contributed by atoms with E-state index in [1.807, 2.05) is 0 Å².